The second-order valence-electron chi connectivity index (χ2n) is 5.91. The Morgan fingerprint density at radius 2 is 2.12 bits per heavy atom. The summed E-state index contributed by atoms with van der Waals surface area (Å²) >= 11 is 12.0. The molecule has 0 spiro atoms. The molecule has 25 heavy (non-hydrogen) atoms. The number of nitrogens with one attached hydrogen (secondary N) is 1. The molecule has 2 aromatic heterocycles. The molecule has 7 nitrogen and oxygen atoms in total. The summed E-state index contributed by atoms with van der Waals surface area (Å²) in [6, 6.07) is 3.32. The van der Waals surface area contributed by atoms with Gasteiger partial charge in [0, 0.05) is 26.3 Å². The van der Waals surface area contributed by atoms with E-state index in [0.717, 1.165) is 19.4 Å². The van der Waals surface area contributed by atoms with Crippen molar-refractivity contribution in [3.63, 3.8) is 0 Å². The Morgan fingerprint density at radius 1 is 1.32 bits per heavy atom. The van der Waals surface area contributed by atoms with Crippen LogP contribution in [0.5, 0.6) is 0 Å². The molecule has 1 N–H and O–H groups in total. The maximum Gasteiger partial charge on any atom is 0.287 e. The number of hydrogen-bond acceptors (Lipinski definition) is 5. The van der Waals surface area contributed by atoms with Crippen molar-refractivity contribution < 1.29 is 4.79 Å². The van der Waals surface area contributed by atoms with E-state index in [9.17, 15) is 9.59 Å². The van der Waals surface area contributed by atoms with Crippen molar-refractivity contribution >= 4 is 40.6 Å². The standard InChI is InChI=1S/C16H17Cl2N5O2/c1-22-16(25)14(18)12(8-20-22)23-6-2-3-10(9-23)15(24)21-13-5-4-11(17)7-19-13/h4-5,7-8,10H,2-3,6,9H2,1H3,(H,19,21,24). The van der Waals surface area contributed by atoms with Gasteiger partial charge in [0.2, 0.25) is 5.91 Å². The predicted molar refractivity (Wildman–Crippen MR) is 97.3 cm³/mol. The van der Waals surface area contributed by atoms with Gasteiger partial charge in [-0.25, -0.2) is 9.67 Å². The minimum atomic E-state index is -0.351. The van der Waals surface area contributed by atoms with Crippen molar-refractivity contribution in [2.24, 2.45) is 13.0 Å². The van der Waals surface area contributed by atoms with Crippen LogP contribution >= 0.6 is 23.2 Å². The monoisotopic (exact) mass is 381 g/mol. The average Bonchev–Trinajstić information content (AvgIpc) is 2.62. The third kappa shape index (κ3) is 3.93. The minimum Gasteiger partial charge on any atom is -0.368 e. The molecule has 2 aromatic rings. The van der Waals surface area contributed by atoms with Crippen molar-refractivity contribution in [1.29, 1.82) is 0 Å². The Balaban J connectivity index is 1.72. The van der Waals surface area contributed by atoms with Crippen LogP contribution < -0.4 is 15.8 Å². The molecule has 0 aliphatic carbocycles. The molecule has 0 saturated carbocycles. The zero-order chi connectivity index (χ0) is 18.0. The maximum atomic E-state index is 12.5. The van der Waals surface area contributed by atoms with Crippen LogP contribution in [0.3, 0.4) is 0 Å². The van der Waals surface area contributed by atoms with Gasteiger partial charge >= 0.3 is 0 Å². The van der Waals surface area contributed by atoms with E-state index in [1.54, 1.807) is 25.4 Å². The number of pyridine rings is 1. The van der Waals surface area contributed by atoms with Gasteiger partial charge in [-0.1, -0.05) is 23.2 Å². The van der Waals surface area contributed by atoms with Crippen LogP contribution in [0.4, 0.5) is 11.5 Å². The van der Waals surface area contributed by atoms with Crippen molar-refractivity contribution in [2.75, 3.05) is 23.3 Å². The molecular formula is C16H17Cl2N5O2. The molecule has 132 valence electrons. The summed E-state index contributed by atoms with van der Waals surface area (Å²) in [5.74, 6) is 0.110. The van der Waals surface area contributed by atoms with E-state index in [1.165, 1.54) is 10.9 Å². The SMILES string of the molecule is Cn1ncc(N2CCCC(C(=O)Nc3ccc(Cl)cn3)C2)c(Cl)c1=O. The number of hydrogen-bond donors (Lipinski definition) is 1. The Labute approximate surface area is 154 Å². The van der Waals surface area contributed by atoms with Crippen LogP contribution in [0.1, 0.15) is 12.8 Å². The summed E-state index contributed by atoms with van der Waals surface area (Å²) in [6.07, 6.45) is 4.61. The molecule has 1 fully saturated rings. The highest BCUT2D eigenvalue weighted by atomic mass is 35.5. The molecule has 3 rings (SSSR count). The summed E-state index contributed by atoms with van der Waals surface area (Å²) in [7, 11) is 1.55. The molecule has 1 amide bonds. The lowest BCUT2D eigenvalue weighted by atomic mass is 9.97. The number of piperidine rings is 1. The number of nitrogens with zero attached hydrogens (tertiary/aromatic N) is 4. The van der Waals surface area contributed by atoms with Gasteiger partial charge < -0.3 is 10.2 Å². The Bertz CT molecular complexity index is 837. The molecular weight excluding hydrogens is 365 g/mol. The largest absolute Gasteiger partial charge is 0.368 e. The summed E-state index contributed by atoms with van der Waals surface area (Å²) in [4.78, 5) is 30.5. The van der Waals surface area contributed by atoms with Gasteiger partial charge in [0.05, 0.1) is 22.8 Å². The quantitative estimate of drug-likeness (QED) is 0.882. The van der Waals surface area contributed by atoms with Crippen LogP contribution in [-0.2, 0) is 11.8 Å². The first-order valence-corrected chi connectivity index (χ1v) is 8.60. The first-order chi connectivity index (χ1) is 12.0. The Kier molecular flexibility index (Phi) is 5.24. The maximum absolute atomic E-state index is 12.5. The molecule has 0 bridgehead atoms. The van der Waals surface area contributed by atoms with Gasteiger partial charge in [-0.3, -0.25) is 9.59 Å². The molecule has 3 heterocycles. The second kappa shape index (κ2) is 7.41. The number of carbonyl (C=O) groups is 1. The predicted octanol–water partition coefficient (Wildman–Crippen LogP) is 2.34. The van der Waals surface area contributed by atoms with Gasteiger partial charge in [-0.2, -0.15) is 5.10 Å². The Hall–Kier alpha value is -2.12. The fraction of sp³-hybridized carbons (Fsp3) is 0.375. The molecule has 0 radical (unpaired) electrons. The van der Waals surface area contributed by atoms with Crippen molar-refractivity contribution in [3.8, 4) is 0 Å². The smallest absolute Gasteiger partial charge is 0.287 e. The highest BCUT2D eigenvalue weighted by Crippen LogP contribution is 2.27. The number of aromatic nitrogens is 3. The number of rotatable bonds is 3. The third-order valence-corrected chi connectivity index (χ3v) is 4.75. The van der Waals surface area contributed by atoms with Crippen molar-refractivity contribution in [2.45, 2.75) is 12.8 Å². The number of anilines is 2. The van der Waals surface area contributed by atoms with Crippen LogP contribution in [-0.4, -0.2) is 33.8 Å². The average molecular weight is 382 g/mol. The van der Waals surface area contributed by atoms with E-state index < -0.39 is 0 Å². The van der Waals surface area contributed by atoms with Crippen molar-refractivity contribution in [3.05, 3.63) is 44.9 Å². The van der Waals surface area contributed by atoms with Crippen LogP contribution in [0, 0.1) is 5.92 Å². The summed E-state index contributed by atoms with van der Waals surface area (Å²) < 4.78 is 1.19. The van der Waals surface area contributed by atoms with E-state index in [-0.39, 0.29) is 22.4 Å². The molecule has 1 unspecified atom stereocenters. The van der Waals surface area contributed by atoms with E-state index >= 15 is 0 Å². The topological polar surface area (TPSA) is 80.1 Å². The summed E-state index contributed by atoms with van der Waals surface area (Å²) in [6.45, 7) is 1.19. The lowest BCUT2D eigenvalue weighted by Gasteiger charge is -2.33. The summed E-state index contributed by atoms with van der Waals surface area (Å²) in [5, 5.41) is 7.44. The fourth-order valence-corrected chi connectivity index (χ4v) is 3.21. The second-order valence-corrected chi connectivity index (χ2v) is 6.72. The molecule has 0 aromatic carbocycles. The van der Waals surface area contributed by atoms with E-state index in [2.05, 4.69) is 15.4 Å². The van der Waals surface area contributed by atoms with Gasteiger partial charge in [-0.05, 0) is 25.0 Å². The molecule has 9 heteroatoms. The van der Waals surface area contributed by atoms with Crippen LogP contribution in [0.25, 0.3) is 0 Å². The van der Waals surface area contributed by atoms with Gasteiger partial charge in [-0.15, -0.1) is 0 Å². The van der Waals surface area contributed by atoms with E-state index in [0.29, 0.717) is 23.1 Å². The van der Waals surface area contributed by atoms with Crippen LogP contribution in [0.2, 0.25) is 10.0 Å². The van der Waals surface area contributed by atoms with Gasteiger partial charge in [0.1, 0.15) is 10.8 Å². The molecule has 1 aliphatic rings. The minimum absolute atomic E-state index is 0.118. The fourth-order valence-electron chi connectivity index (χ4n) is 2.81. The zero-order valence-corrected chi connectivity index (χ0v) is 15.1. The van der Waals surface area contributed by atoms with Gasteiger partial charge in [0.15, 0.2) is 0 Å². The first-order valence-electron chi connectivity index (χ1n) is 7.85. The lowest BCUT2D eigenvalue weighted by Crippen LogP contribution is -2.41. The van der Waals surface area contributed by atoms with Crippen molar-refractivity contribution in [1.82, 2.24) is 14.8 Å². The number of halogens is 2. The van der Waals surface area contributed by atoms with E-state index in [4.69, 9.17) is 23.2 Å². The zero-order valence-electron chi connectivity index (χ0n) is 13.6. The first kappa shape index (κ1) is 17.7. The van der Waals surface area contributed by atoms with Crippen LogP contribution in [0.15, 0.2) is 29.3 Å². The Morgan fingerprint density at radius 3 is 2.84 bits per heavy atom. The third-order valence-electron chi connectivity index (χ3n) is 4.17. The van der Waals surface area contributed by atoms with E-state index in [1.807, 2.05) is 4.90 Å². The molecule has 1 saturated heterocycles. The van der Waals surface area contributed by atoms with Gasteiger partial charge in [0.25, 0.3) is 5.56 Å². The highest BCUT2D eigenvalue weighted by molar-refractivity contribution is 6.33. The normalized spacial score (nSPS) is 17.4. The highest BCUT2D eigenvalue weighted by Gasteiger charge is 2.28. The molecule has 1 atom stereocenters. The summed E-state index contributed by atoms with van der Waals surface area (Å²) in [5.41, 5.74) is 0.211. The number of aryl methyl sites for hydroxylation is 1. The number of amides is 1. The lowest BCUT2D eigenvalue weighted by molar-refractivity contribution is -0.120. The number of carbonyl (C=O) groups excluding carboxylic acids is 1. The molecule has 1 aliphatic heterocycles.